The van der Waals surface area contributed by atoms with Gasteiger partial charge in [0, 0.05) is 11.1 Å². The summed E-state index contributed by atoms with van der Waals surface area (Å²) in [5.74, 6) is 0. The molecule has 54 valence electrons. The summed E-state index contributed by atoms with van der Waals surface area (Å²) in [6.07, 6.45) is 3.92. The maximum absolute atomic E-state index is 10.2. The summed E-state index contributed by atoms with van der Waals surface area (Å²) in [7, 11) is 0. The third-order valence-electron chi connectivity index (χ3n) is 1.42. The lowest BCUT2D eigenvalue weighted by Crippen LogP contribution is -1.90. The fourth-order valence-electron chi connectivity index (χ4n) is 0.851. The van der Waals surface area contributed by atoms with E-state index in [4.69, 9.17) is 5.41 Å². The molecular formula is C9H7NO. The Hall–Kier alpha value is -1.44. The third kappa shape index (κ3) is 1.52. The van der Waals surface area contributed by atoms with E-state index in [1.54, 1.807) is 24.5 Å². The molecule has 1 aromatic carbocycles. The van der Waals surface area contributed by atoms with Gasteiger partial charge in [0.2, 0.25) is 6.29 Å². The lowest BCUT2D eigenvalue weighted by Gasteiger charge is -1.96. The molecule has 0 bridgehead atoms. The number of carbonyl (C=O) groups excluding carboxylic acids is 1. The standard InChI is InChI=1S/C9H7NO/c1-7-2-3-8(6-11)9(4-7)5-10/h2-4,10H,1H3. The Morgan fingerprint density at radius 3 is 2.64 bits per heavy atom. The summed E-state index contributed by atoms with van der Waals surface area (Å²) in [5, 5.41) is 6.86. The van der Waals surface area contributed by atoms with E-state index in [1.165, 1.54) is 0 Å². The van der Waals surface area contributed by atoms with Crippen LogP contribution in [0.4, 0.5) is 0 Å². The smallest absolute Gasteiger partial charge is 0.234 e. The van der Waals surface area contributed by atoms with Crippen LogP contribution >= 0.6 is 0 Å². The Morgan fingerprint density at radius 2 is 2.09 bits per heavy atom. The van der Waals surface area contributed by atoms with E-state index in [-0.39, 0.29) is 0 Å². The zero-order chi connectivity index (χ0) is 8.27. The first-order chi connectivity index (χ1) is 5.27. The van der Waals surface area contributed by atoms with Gasteiger partial charge in [-0.25, -0.2) is 0 Å². The maximum atomic E-state index is 10.2. The zero-order valence-corrected chi connectivity index (χ0v) is 6.14. The lowest BCUT2D eigenvalue weighted by atomic mass is 10.1. The minimum absolute atomic E-state index is 0.394. The Balaban J connectivity index is 3.26. The molecule has 0 fully saturated rings. The minimum Gasteiger partial charge on any atom is -0.298 e. The predicted octanol–water partition coefficient (Wildman–Crippen LogP) is 1.33. The monoisotopic (exact) mass is 145 g/mol. The van der Waals surface area contributed by atoms with E-state index < -0.39 is 0 Å². The van der Waals surface area contributed by atoms with Crippen LogP contribution in [0.5, 0.6) is 0 Å². The summed E-state index contributed by atoms with van der Waals surface area (Å²) < 4.78 is 0. The van der Waals surface area contributed by atoms with Gasteiger partial charge in [0.15, 0.2) is 0 Å². The molecule has 0 atom stereocenters. The Kier molecular flexibility index (Phi) is 2.16. The van der Waals surface area contributed by atoms with Gasteiger partial charge in [0.25, 0.3) is 0 Å². The molecule has 2 heteroatoms. The van der Waals surface area contributed by atoms with Crippen molar-refractivity contribution in [3.8, 4) is 0 Å². The molecule has 0 saturated heterocycles. The summed E-state index contributed by atoms with van der Waals surface area (Å²) >= 11 is 0. The largest absolute Gasteiger partial charge is 0.298 e. The van der Waals surface area contributed by atoms with Crippen molar-refractivity contribution in [2.45, 2.75) is 6.92 Å². The van der Waals surface area contributed by atoms with Gasteiger partial charge < -0.3 is 0 Å². The highest BCUT2D eigenvalue weighted by Crippen LogP contribution is 2.06. The van der Waals surface area contributed by atoms with Crippen molar-refractivity contribution < 1.29 is 4.79 Å². The van der Waals surface area contributed by atoms with Crippen molar-refractivity contribution in [2.75, 3.05) is 0 Å². The first-order valence-electron chi connectivity index (χ1n) is 3.19. The van der Waals surface area contributed by atoms with Crippen molar-refractivity contribution in [2.24, 2.45) is 0 Å². The number of hydrogen-bond donors (Lipinski definition) is 1. The number of benzene rings is 1. The van der Waals surface area contributed by atoms with Crippen molar-refractivity contribution in [1.29, 1.82) is 5.41 Å². The van der Waals surface area contributed by atoms with Crippen LogP contribution in [0.3, 0.4) is 0 Å². The fraction of sp³-hybridized carbons (Fsp3) is 0.111. The van der Waals surface area contributed by atoms with Crippen molar-refractivity contribution in [3.63, 3.8) is 0 Å². The predicted molar refractivity (Wildman–Crippen MR) is 42.8 cm³/mol. The average molecular weight is 145 g/mol. The molecule has 0 spiro atoms. The molecule has 0 aliphatic carbocycles. The van der Waals surface area contributed by atoms with Gasteiger partial charge in [-0.15, -0.1) is 0 Å². The van der Waals surface area contributed by atoms with E-state index in [1.807, 2.05) is 6.92 Å². The van der Waals surface area contributed by atoms with Crippen LogP contribution in [-0.4, -0.2) is 12.5 Å². The molecule has 1 rings (SSSR count). The van der Waals surface area contributed by atoms with Crippen molar-refractivity contribution >= 4 is 12.5 Å². The topological polar surface area (TPSA) is 40.9 Å². The summed E-state index contributed by atoms with van der Waals surface area (Å²) in [6, 6.07) is 5.17. The maximum Gasteiger partial charge on any atom is 0.234 e. The number of rotatable bonds is 2. The molecule has 1 N–H and O–H groups in total. The van der Waals surface area contributed by atoms with Gasteiger partial charge >= 0.3 is 0 Å². The number of nitrogens with one attached hydrogen (secondary N) is 1. The Bertz CT molecular complexity index is 292. The molecule has 0 aliphatic rings. The fourth-order valence-corrected chi connectivity index (χ4v) is 0.851. The second kappa shape index (κ2) is 3.10. The van der Waals surface area contributed by atoms with Gasteiger partial charge in [-0.3, -0.25) is 10.2 Å². The van der Waals surface area contributed by atoms with Crippen LogP contribution in [0.25, 0.3) is 0 Å². The molecule has 2 radical (unpaired) electrons. The van der Waals surface area contributed by atoms with Crippen molar-refractivity contribution in [3.05, 3.63) is 34.9 Å². The second-order valence-electron chi connectivity index (χ2n) is 2.28. The van der Waals surface area contributed by atoms with Crippen molar-refractivity contribution in [1.82, 2.24) is 0 Å². The van der Waals surface area contributed by atoms with Crippen LogP contribution in [0.2, 0.25) is 0 Å². The van der Waals surface area contributed by atoms with Crippen LogP contribution in [0.15, 0.2) is 18.2 Å². The normalized spacial score (nSPS) is 9.18. The second-order valence-corrected chi connectivity index (χ2v) is 2.28. The highest BCUT2D eigenvalue weighted by molar-refractivity contribution is 5.91. The van der Waals surface area contributed by atoms with E-state index >= 15 is 0 Å². The third-order valence-corrected chi connectivity index (χ3v) is 1.42. The van der Waals surface area contributed by atoms with Crippen LogP contribution in [0.1, 0.15) is 16.7 Å². The molecule has 0 heterocycles. The van der Waals surface area contributed by atoms with E-state index in [9.17, 15) is 4.79 Å². The van der Waals surface area contributed by atoms with Gasteiger partial charge in [0.05, 0.1) is 6.21 Å². The number of aryl methyl sites for hydroxylation is 1. The summed E-state index contributed by atoms with van der Waals surface area (Å²) in [5.41, 5.74) is 1.91. The average Bonchev–Trinajstić information content (AvgIpc) is 2.04. The summed E-state index contributed by atoms with van der Waals surface area (Å²) in [6.45, 7) is 1.90. The quantitative estimate of drug-likeness (QED) is 0.626. The first-order valence-corrected chi connectivity index (χ1v) is 3.19. The summed E-state index contributed by atoms with van der Waals surface area (Å²) in [4.78, 5) is 10.2. The van der Waals surface area contributed by atoms with E-state index in [0.29, 0.717) is 11.1 Å². The van der Waals surface area contributed by atoms with E-state index in [0.717, 1.165) is 5.56 Å². The van der Waals surface area contributed by atoms with Gasteiger partial charge in [-0.2, -0.15) is 0 Å². The molecule has 0 aromatic heterocycles. The lowest BCUT2D eigenvalue weighted by molar-refractivity contribution is 0.562. The molecule has 2 nitrogen and oxygen atoms in total. The Labute approximate surface area is 65.4 Å². The van der Waals surface area contributed by atoms with Crippen LogP contribution < -0.4 is 0 Å². The highest BCUT2D eigenvalue weighted by atomic mass is 16.1. The van der Waals surface area contributed by atoms with Gasteiger partial charge in [-0.05, 0) is 19.1 Å². The van der Waals surface area contributed by atoms with Crippen LogP contribution in [-0.2, 0) is 4.79 Å². The molecular weight excluding hydrogens is 138 g/mol. The molecule has 0 saturated carbocycles. The first kappa shape index (κ1) is 7.66. The molecule has 0 unspecified atom stereocenters. The molecule has 0 amide bonds. The minimum atomic E-state index is 0.394. The van der Waals surface area contributed by atoms with Gasteiger partial charge in [-0.1, -0.05) is 11.6 Å². The number of hydrogen-bond acceptors (Lipinski definition) is 2. The zero-order valence-electron chi connectivity index (χ0n) is 6.14. The highest BCUT2D eigenvalue weighted by Gasteiger charge is 1.98. The van der Waals surface area contributed by atoms with Crippen LogP contribution in [0, 0.1) is 12.3 Å². The molecule has 0 aliphatic heterocycles. The SMILES string of the molecule is Cc1ccc([C]=O)c([C]=N)c1. The van der Waals surface area contributed by atoms with E-state index in [2.05, 4.69) is 6.21 Å². The Morgan fingerprint density at radius 1 is 1.36 bits per heavy atom. The van der Waals surface area contributed by atoms with Gasteiger partial charge in [0.1, 0.15) is 0 Å². The molecule has 1 aromatic rings. The molecule has 11 heavy (non-hydrogen) atoms.